The smallest absolute Gasteiger partial charge is 0.278 e. The van der Waals surface area contributed by atoms with Gasteiger partial charge in [-0.25, -0.2) is 0 Å². The van der Waals surface area contributed by atoms with E-state index in [2.05, 4.69) is 15.8 Å². The number of fused-ring (bicyclic) bond motifs is 1. The second-order valence-electron chi connectivity index (χ2n) is 7.17. The topological polar surface area (TPSA) is 84.2 Å². The predicted octanol–water partition coefficient (Wildman–Crippen LogP) is 4.59. The summed E-state index contributed by atoms with van der Waals surface area (Å²) in [5.41, 5.74) is 3.86. The van der Waals surface area contributed by atoms with E-state index in [9.17, 15) is 9.59 Å². The standard InChI is InChI=1S/C22H23N3O3S/c1-3-23-21(27)19-15-6-4-5-7-18(15)29-22(19)24-20(26)16-12-17(28-25-16)14-10-8-13(2)9-11-14/h8-12H,3-7H2,1-2H3,(H,23,27)(H,24,26). The number of hydrogen-bond acceptors (Lipinski definition) is 5. The van der Waals surface area contributed by atoms with E-state index in [1.807, 2.05) is 38.1 Å². The Kier molecular flexibility index (Phi) is 5.49. The number of aryl methyl sites for hydroxylation is 2. The van der Waals surface area contributed by atoms with Gasteiger partial charge in [0.2, 0.25) is 0 Å². The number of rotatable bonds is 5. The number of nitrogens with one attached hydrogen (secondary N) is 2. The van der Waals surface area contributed by atoms with Gasteiger partial charge in [0.25, 0.3) is 11.8 Å². The van der Waals surface area contributed by atoms with Crippen LogP contribution in [-0.2, 0) is 12.8 Å². The second-order valence-corrected chi connectivity index (χ2v) is 8.28. The maximum atomic E-state index is 12.8. The zero-order valence-electron chi connectivity index (χ0n) is 16.5. The Morgan fingerprint density at radius 2 is 1.90 bits per heavy atom. The molecule has 0 spiro atoms. The quantitative estimate of drug-likeness (QED) is 0.645. The average molecular weight is 410 g/mol. The Hall–Kier alpha value is -2.93. The third-order valence-corrected chi connectivity index (χ3v) is 6.25. The first-order valence-corrected chi connectivity index (χ1v) is 10.7. The van der Waals surface area contributed by atoms with Crippen LogP contribution in [0.3, 0.4) is 0 Å². The Balaban J connectivity index is 1.59. The van der Waals surface area contributed by atoms with E-state index in [1.54, 1.807) is 6.07 Å². The molecule has 0 saturated heterocycles. The molecule has 4 rings (SSSR count). The highest BCUT2D eigenvalue weighted by Crippen LogP contribution is 2.38. The molecule has 1 aliphatic carbocycles. The fraction of sp³-hybridized carbons (Fsp3) is 0.318. The van der Waals surface area contributed by atoms with Crippen LogP contribution >= 0.6 is 11.3 Å². The van der Waals surface area contributed by atoms with E-state index in [0.29, 0.717) is 22.9 Å². The van der Waals surface area contributed by atoms with Gasteiger partial charge in [-0.05, 0) is 45.1 Å². The first-order valence-electron chi connectivity index (χ1n) is 9.84. The monoisotopic (exact) mass is 409 g/mol. The molecule has 2 aromatic heterocycles. The number of anilines is 1. The molecule has 2 heterocycles. The van der Waals surface area contributed by atoms with Gasteiger partial charge in [-0.3, -0.25) is 9.59 Å². The van der Waals surface area contributed by atoms with Crippen LogP contribution in [0.5, 0.6) is 0 Å². The van der Waals surface area contributed by atoms with Crippen molar-refractivity contribution in [3.63, 3.8) is 0 Å². The lowest BCUT2D eigenvalue weighted by Crippen LogP contribution is -2.25. The molecule has 0 bridgehead atoms. The Morgan fingerprint density at radius 3 is 2.66 bits per heavy atom. The molecular weight excluding hydrogens is 386 g/mol. The molecule has 0 aliphatic heterocycles. The summed E-state index contributed by atoms with van der Waals surface area (Å²) in [7, 11) is 0. The minimum Gasteiger partial charge on any atom is -0.355 e. The highest BCUT2D eigenvalue weighted by molar-refractivity contribution is 7.17. The molecule has 6 nitrogen and oxygen atoms in total. The number of carbonyl (C=O) groups excluding carboxylic acids is 2. The van der Waals surface area contributed by atoms with Crippen LogP contribution in [0.4, 0.5) is 5.00 Å². The van der Waals surface area contributed by atoms with Gasteiger partial charge in [0.15, 0.2) is 11.5 Å². The minimum atomic E-state index is -0.378. The van der Waals surface area contributed by atoms with Crippen molar-refractivity contribution in [2.75, 3.05) is 11.9 Å². The minimum absolute atomic E-state index is 0.136. The lowest BCUT2D eigenvalue weighted by Gasteiger charge is -2.12. The van der Waals surface area contributed by atoms with E-state index >= 15 is 0 Å². The molecule has 0 fully saturated rings. The average Bonchev–Trinajstić information content (AvgIpc) is 3.33. The van der Waals surface area contributed by atoms with Gasteiger partial charge < -0.3 is 15.2 Å². The molecule has 0 atom stereocenters. The van der Waals surface area contributed by atoms with Crippen molar-refractivity contribution in [1.82, 2.24) is 10.5 Å². The van der Waals surface area contributed by atoms with E-state index < -0.39 is 0 Å². The van der Waals surface area contributed by atoms with Gasteiger partial charge in [-0.2, -0.15) is 0 Å². The summed E-state index contributed by atoms with van der Waals surface area (Å²) < 4.78 is 5.36. The third-order valence-electron chi connectivity index (χ3n) is 5.04. The van der Waals surface area contributed by atoms with Crippen molar-refractivity contribution in [2.45, 2.75) is 39.5 Å². The second kappa shape index (κ2) is 8.21. The summed E-state index contributed by atoms with van der Waals surface area (Å²) in [6, 6.07) is 9.44. The molecule has 3 aromatic rings. The van der Waals surface area contributed by atoms with Crippen molar-refractivity contribution in [1.29, 1.82) is 0 Å². The van der Waals surface area contributed by atoms with Gasteiger partial charge in [-0.15, -0.1) is 11.3 Å². The summed E-state index contributed by atoms with van der Waals surface area (Å²) in [4.78, 5) is 26.6. The lowest BCUT2D eigenvalue weighted by atomic mass is 9.95. The van der Waals surface area contributed by atoms with Crippen molar-refractivity contribution >= 4 is 28.2 Å². The van der Waals surface area contributed by atoms with Gasteiger partial charge in [0, 0.05) is 23.1 Å². The Bertz CT molecular complexity index is 1050. The maximum absolute atomic E-state index is 12.8. The molecule has 29 heavy (non-hydrogen) atoms. The molecule has 2 N–H and O–H groups in total. The predicted molar refractivity (Wildman–Crippen MR) is 114 cm³/mol. The molecule has 0 unspecified atom stereocenters. The van der Waals surface area contributed by atoms with Crippen molar-refractivity contribution in [3.8, 4) is 11.3 Å². The summed E-state index contributed by atoms with van der Waals surface area (Å²) in [5.74, 6) is 0.0172. The fourth-order valence-electron chi connectivity index (χ4n) is 3.55. The number of benzene rings is 1. The first kappa shape index (κ1) is 19.4. The Labute approximate surface area is 173 Å². The van der Waals surface area contributed by atoms with Crippen LogP contribution < -0.4 is 10.6 Å². The van der Waals surface area contributed by atoms with Crippen molar-refractivity contribution in [3.05, 3.63) is 57.6 Å². The molecule has 1 aromatic carbocycles. The number of amides is 2. The van der Waals surface area contributed by atoms with Crippen LogP contribution in [0, 0.1) is 6.92 Å². The van der Waals surface area contributed by atoms with Crippen LogP contribution in [0.1, 0.15) is 56.6 Å². The summed E-state index contributed by atoms with van der Waals surface area (Å²) in [5, 5.41) is 10.3. The van der Waals surface area contributed by atoms with Crippen molar-refractivity contribution in [2.24, 2.45) is 0 Å². The third kappa shape index (κ3) is 3.96. The lowest BCUT2D eigenvalue weighted by molar-refractivity contribution is 0.0956. The van der Waals surface area contributed by atoms with E-state index in [4.69, 9.17) is 4.52 Å². The molecule has 7 heteroatoms. The highest BCUT2D eigenvalue weighted by Gasteiger charge is 2.27. The number of carbonyl (C=O) groups is 2. The van der Waals surface area contributed by atoms with Crippen LogP contribution in [0.2, 0.25) is 0 Å². The molecule has 0 radical (unpaired) electrons. The molecule has 150 valence electrons. The highest BCUT2D eigenvalue weighted by atomic mass is 32.1. The van der Waals surface area contributed by atoms with E-state index in [-0.39, 0.29) is 17.5 Å². The van der Waals surface area contributed by atoms with E-state index in [1.165, 1.54) is 16.2 Å². The van der Waals surface area contributed by atoms with Crippen LogP contribution in [-0.4, -0.2) is 23.5 Å². The zero-order valence-corrected chi connectivity index (χ0v) is 17.3. The fourth-order valence-corrected chi connectivity index (χ4v) is 4.83. The van der Waals surface area contributed by atoms with Gasteiger partial charge in [0.05, 0.1) is 5.56 Å². The maximum Gasteiger partial charge on any atom is 0.278 e. The summed E-state index contributed by atoms with van der Waals surface area (Å²) in [6.07, 6.45) is 3.99. The van der Waals surface area contributed by atoms with Crippen LogP contribution in [0.25, 0.3) is 11.3 Å². The van der Waals surface area contributed by atoms with E-state index in [0.717, 1.165) is 42.4 Å². The number of hydrogen-bond donors (Lipinski definition) is 2. The Morgan fingerprint density at radius 1 is 1.14 bits per heavy atom. The summed E-state index contributed by atoms with van der Waals surface area (Å²) >= 11 is 1.49. The van der Waals surface area contributed by atoms with Gasteiger partial charge >= 0.3 is 0 Å². The first-order chi connectivity index (χ1) is 14.1. The number of nitrogens with zero attached hydrogens (tertiary/aromatic N) is 1. The van der Waals surface area contributed by atoms with Gasteiger partial charge in [-0.1, -0.05) is 35.0 Å². The molecule has 2 amide bonds. The molecular formula is C22H23N3O3S. The zero-order chi connectivity index (χ0) is 20.4. The SMILES string of the molecule is CCNC(=O)c1c(NC(=O)c2cc(-c3ccc(C)cc3)on2)sc2c1CCCC2. The van der Waals surface area contributed by atoms with Crippen LogP contribution in [0.15, 0.2) is 34.9 Å². The van der Waals surface area contributed by atoms with Gasteiger partial charge in [0.1, 0.15) is 5.00 Å². The normalized spacial score (nSPS) is 13.0. The summed E-state index contributed by atoms with van der Waals surface area (Å²) in [6.45, 7) is 4.44. The number of aromatic nitrogens is 1. The molecule has 1 aliphatic rings. The molecule has 0 saturated carbocycles. The van der Waals surface area contributed by atoms with Crippen molar-refractivity contribution < 1.29 is 14.1 Å². The number of thiophene rings is 1. The largest absolute Gasteiger partial charge is 0.355 e.